The molecule has 0 saturated carbocycles. The van der Waals surface area contributed by atoms with Crippen molar-refractivity contribution in [3.63, 3.8) is 0 Å². The average Bonchev–Trinajstić information content (AvgIpc) is 2.47. The highest BCUT2D eigenvalue weighted by Crippen LogP contribution is 2.16. The van der Waals surface area contributed by atoms with Gasteiger partial charge in [-0.15, -0.1) is 0 Å². The number of Topliss-reactive ketones (excluding diaryl/α,β-unsaturated/α-hetero) is 1. The number of rotatable bonds is 5. The van der Waals surface area contributed by atoms with Gasteiger partial charge in [-0.1, -0.05) is 12.1 Å². The third-order valence-corrected chi connectivity index (χ3v) is 2.77. The molecule has 0 spiro atoms. The first-order valence-electron chi connectivity index (χ1n) is 5.88. The molecule has 0 aliphatic heterocycles. The Morgan fingerprint density at radius 2 is 1.89 bits per heavy atom. The largest absolute Gasteiger partial charge is 0.497 e. The van der Waals surface area contributed by atoms with E-state index >= 15 is 0 Å². The van der Waals surface area contributed by atoms with E-state index in [4.69, 9.17) is 9.47 Å². The fourth-order valence-corrected chi connectivity index (χ4v) is 1.75. The molecule has 0 amide bonds. The molecule has 0 aliphatic rings. The topological polar surface area (TPSA) is 48.4 Å². The van der Waals surface area contributed by atoms with E-state index in [9.17, 15) is 4.79 Å². The summed E-state index contributed by atoms with van der Waals surface area (Å²) in [6.07, 6.45) is 3.43. The summed E-state index contributed by atoms with van der Waals surface area (Å²) in [5.41, 5.74) is 1.45. The van der Waals surface area contributed by atoms with Gasteiger partial charge in [0.1, 0.15) is 11.5 Å². The van der Waals surface area contributed by atoms with Crippen molar-refractivity contribution >= 4 is 5.78 Å². The lowest BCUT2D eigenvalue weighted by atomic mass is 10.0. The van der Waals surface area contributed by atoms with Crippen molar-refractivity contribution in [2.45, 2.75) is 6.42 Å². The number of pyridine rings is 1. The molecule has 2 aromatic rings. The molecule has 0 fully saturated rings. The maximum Gasteiger partial charge on any atom is 0.168 e. The Morgan fingerprint density at radius 1 is 1.11 bits per heavy atom. The maximum atomic E-state index is 12.1. The summed E-state index contributed by atoms with van der Waals surface area (Å²) in [7, 11) is 3.15. The number of carbonyl (C=O) groups excluding carboxylic acids is 1. The molecule has 0 N–H and O–H groups in total. The van der Waals surface area contributed by atoms with Gasteiger partial charge < -0.3 is 9.47 Å². The highest BCUT2D eigenvalue weighted by atomic mass is 16.5. The number of hydrogen-bond donors (Lipinski definition) is 0. The minimum Gasteiger partial charge on any atom is -0.497 e. The van der Waals surface area contributed by atoms with Crippen LogP contribution in [-0.2, 0) is 6.42 Å². The van der Waals surface area contributed by atoms with Gasteiger partial charge in [-0.2, -0.15) is 0 Å². The summed E-state index contributed by atoms with van der Waals surface area (Å²) in [4.78, 5) is 16.1. The van der Waals surface area contributed by atoms with Crippen molar-refractivity contribution in [2.24, 2.45) is 0 Å². The van der Waals surface area contributed by atoms with E-state index in [-0.39, 0.29) is 5.78 Å². The SMILES string of the molecule is COc1cccc(CC(=O)c2cncc(OC)c2)c1. The molecule has 0 radical (unpaired) electrons. The lowest BCUT2D eigenvalue weighted by molar-refractivity contribution is 0.0992. The normalized spacial score (nSPS) is 10.0. The third kappa shape index (κ3) is 3.31. The summed E-state index contributed by atoms with van der Waals surface area (Å²) in [5, 5.41) is 0. The molecule has 0 aliphatic carbocycles. The number of nitrogens with zero attached hydrogens (tertiary/aromatic N) is 1. The number of ketones is 1. The second-order valence-corrected chi connectivity index (χ2v) is 4.06. The molecule has 4 nitrogen and oxygen atoms in total. The van der Waals surface area contributed by atoms with Crippen molar-refractivity contribution in [3.8, 4) is 11.5 Å². The van der Waals surface area contributed by atoms with Crippen molar-refractivity contribution in [3.05, 3.63) is 53.9 Å². The Hall–Kier alpha value is -2.36. The molecule has 1 aromatic carbocycles. The second kappa shape index (κ2) is 6.00. The molecule has 4 heteroatoms. The number of ether oxygens (including phenoxy) is 2. The highest BCUT2D eigenvalue weighted by Gasteiger charge is 2.09. The zero-order valence-corrected chi connectivity index (χ0v) is 10.9. The Kier molecular flexibility index (Phi) is 4.13. The molecule has 98 valence electrons. The van der Waals surface area contributed by atoms with Gasteiger partial charge in [-0.3, -0.25) is 9.78 Å². The summed E-state index contributed by atoms with van der Waals surface area (Å²) in [5.74, 6) is 1.32. The molecule has 2 rings (SSSR count). The first-order chi connectivity index (χ1) is 9.22. The van der Waals surface area contributed by atoms with E-state index < -0.39 is 0 Å². The average molecular weight is 257 g/mol. The first-order valence-corrected chi connectivity index (χ1v) is 5.88. The predicted octanol–water partition coefficient (Wildman–Crippen LogP) is 2.52. The number of benzene rings is 1. The van der Waals surface area contributed by atoms with Crippen molar-refractivity contribution in [1.29, 1.82) is 0 Å². The summed E-state index contributed by atoms with van der Waals surface area (Å²) >= 11 is 0. The van der Waals surface area contributed by atoms with Gasteiger partial charge >= 0.3 is 0 Å². The van der Waals surface area contributed by atoms with Crippen LogP contribution in [0.15, 0.2) is 42.7 Å². The Labute approximate surface area is 112 Å². The fourth-order valence-electron chi connectivity index (χ4n) is 1.75. The molecule has 19 heavy (non-hydrogen) atoms. The standard InChI is InChI=1S/C15H15NO3/c1-18-13-5-3-4-11(6-13)7-15(17)12-8-14(19-2)10-16-9-12/h3-6,8-10H,7H2,1-2H3. The number of aromatic nitrogens is 1. The smallest absolute Gasteiger partial charge is 0.168 e. The zero-order valence-electron chi connectivity index (χ0n) is 10.9. The number of hydrogen-bond acceptors (Lipinski definition) is 4. The predicted molar refractivity (Wildman–Crippen MR) is 71.8 cm³/mol. The first kappa shape index (κ1) is 13.1. The Bertz CT molecular complexity index is 581. The number of methoxy groups -OCH3 is 2. The zero-order chi connectivity index (χ0) is 13.7. The maximum absolute atomic E-state index is 12.1. The molecule has 0 unspecified atom stereocenters. The van der Waals surface area contributed by atoms with Crippen LogP contribution in [0.25, 0.3) is 0 Å². The van der Waals surface area contributed by atoms with Crippen LogP contribution in [0.2, 0.25) is 0 Å². The molecular formula is C15H15NO3. The van der Waals surface area contributed by atoms with Crippen LogP contribution < -0.4 is 9.47 Å². The van der Waals surface area contributed by atoms with E-state index in [1.807, 2.05) is 24.3 Å². The number of carbonyl (C=O) groups is 1. The fraction of sp³-hybridized carbons (Fsp3) is 0.200. The van der Waals surface area contributed by atoms with E-state index in [0.717, 1.165) is 11.3 Å². The Balaban J connectivity index is 2.15. The quantitative estimate of drug-likeness (QED) is 0.772. The molecular weight excluding hydrogens is 242 g/mol. The van der Waals surface area contributed by atoms with Gasteiger partial charge in [0, 0.05) is 18.2 Å². The lowest BCUT2D eigenvalue weighted by Crippen LogP contribution is -2.04. The summed E-state index contributed by atoms with van der Waals surface area (Å²) < 4.78 is 10.2. The minimum absolute atomic E-state index is 0.000321. The molecule has 0 atom stereocenters. The van der Waals surface area contributed by atoms with Crippen LogP contribution in [0.1, 0.15) is 15.9 Å². The van der Waals surface area contributed by atoms with E-state index in [1.54, 1.807) is 32.7 Å². The van der Waals surface area contributed by atoms with Crippen LogP contribution in [0.5, 0.6) is 11.5 Å². The van der Waals surface area contributed by atoms with Crippen LogP contribution in [-0.4, -0.2) is 25.0 Å². The van der Waals surface area contributed by atoms with Crippen LogP contribution in [0.3, 0.4) is 0 Å². The molecule has 1 heterocycles. The van der Waals surface area contributed by atoms with E-state index in [1.165, 1.54) is 0 Å². The summed E-state index contributed by atoms with van der Waals surface area (Å²) in [6.45, 7) is 0. The lowest BCUT2D eigenvalue weighted by Gasteiger charge is -2.05. The summed E-state index contributed by atoms with van der Waals surface area (Å²) in [6, 6.07) is 9.15. The van der Waals surface area contributed by atoms with Crippen LogP contribution >= 0.6 is 0 Å². The molecule has 0 saturated heterocycles. The van der Waals surface area contributed by atoms with E-state index in [0.29, 0.717) is 17.7 Å². The van der Waals surface area contributed by atoms with Gasteiger partial charge in [0.15, 0.2) is 5.78 Å². The molecule has 0 bridgehead atoms. The highest BCUT2D eigenvalue weighted by molar-refractivity contribution is 5.97. The van der Waals surface area contributed by atoms with Crippen LogP contribution in [0, 0.1) is 0 Å². The monoisotopic (exact) mass is 257 g/mol. The van der Waals surface area contributed by atoms with Crippen molar-refractivity contribution < 1.29 is 14.3 Å². The minimum atomic E-state index is -0.000321. The Morgan fingerprint density at radius 3 is 2.63 bits per heavy atom. The van der Waals surface area contributed by atoms with Gasteiger partial charge in [-0.25, -0.2) is 0 Å². The van der Waals surface area contributed by atoms with Gasteiger partial charge in [-0.05, 0) is 23.8 Å². The second-order valence-electron chi connectivity index (χ2n) is 4.06. The van der Waals surface area contributed by atoms with Crippen LogP contribution in [0.4, 0.5) is 0 Å². The van der Waals surface area contributed by atoms with Gasteiger partial charge in [0.25, 0.3) is 0 Å². The van der Waals surface area contributed by atoms with Gasteiger partial charge in [0.05, 0.1) is 20.4 Å². The van der Waals surface area contributed by atoms with Gasteiger partial charge in [0.2, 0.25) is 0 Å². The van der Waals surface area contributed by atoms with E-state index in [2.05, 4.69) is 4.98 Å². The van der Waals surface area contributed by atoms with Crippen molar-refractivity contribution in [1.82, 2.24) is 4.98 Å². The third-order valence-electron chi connectivity index (χ3n) is 2.77. The molecule has 1 aromatic heterocycles. The van der Waals surface area contributed by atoms with Crippen molar-refractivity contribution in [2.75, 3.05) is 14.2 Å².